The van der Waals surface area contributed by atoms with E-state index in [-0.39, 0.29) is 23.9 Å². The molecule has 2 aliphatic heterocycles. The number of hydrogen-bond acceptors (Lipinski definition) is 4. The maximum atomic E-state index is 13.3. The number of anilines is 1. The summed E-state index contributed by atoms with van der Waals surface area (Å²) in [4.78, 5) is 21.1. The van der Waals surface area contributed by atoms with E-state index in [9.17, 15) is 9.18 Å². The van der Waals surface area contributed by atoms with Gasteiger partial charge in [0.1, 0.15) is 12.4 Å². The normalized spacial score (nSPS) is 23.8. The molecule has 0 bridgehead atoms. The molecule has 1 unspecified atom stereocenters. The van der Waals surface area contributed by atoms with Crippen molar-refractivity contribution < 1.29 is 13.9 Å². The van der Waals surface area contributed by atoms with Gasteiger partial charge in [0, 0.05) is 25.0 Å². The number of ether oxygens (including phenoxy) is 1. The molecule has 0 N–H and O–H groups in total. The van der Waals surface area contributed by atoms with Crippen molar-refractivity contribution in [3.8, 4) is 0 Å². The predicted octanol–water partition coefficient (Wildman–Crippen LogP) is 3.32. The van der Waals surface area contributed by atoms with Gasteiger partial charge < -0.3 is 9.64 Å². The van der Waals surface area contributed by atoms with Crippen LogP contribution in [0, 0.1) is 12.7 Å². The number of nitrogens with zero attached hydrogens (tertiary/aromatic N) is 3. The van der Waals surface area contributed by atoms with Crippen LogP contribution >= 0.6 is 0 Å². The van der Waals surface area contributed by atoms with Crippen LogP contribution in [0.25, 0.3) is 0 Å². The number of likely N-dealkylation sites (tertiary alicyclic amines) is 1. The highest BCUT2D eigenvalue weighted by Gasteiger charge is 2.41. The SMILES string of the molecule is Cc1cccnc1CN1CCCC2(CC1)CN(c1ccc(F)cc1)C(=O)CO2. The molecule has 1 atom stereocenters. The molecule has 0 radical (unpaired) electrons. The molecular weight excluding hydrogens is 357 g/mol. The summed E-state index contributed by atoms with van der Waals surface area (Å²) in [5, 5.41) is 0. The number of halogens is 1. The average Bonchev–Trinajstić information content (AvgIpc) is 2.89. The Kier molecular flexibility index (Phi) is 5.42. The van der Waals surface area contributed by atoms with Crippen LogP contribution in [0.15, 0.2) is 42.6 Å². The molecule has 5 nitrogen and oxygen atoms in total. The molecule has 2 aliphatic rings. The fraction of sp³-hybridized carbons (Fsp3) is 0.455. The molecule has 1 amide bonds. The first-order valence-electron chi connectivity index (χ1n) is 9.87. The summed E-state index contributed by atoms with van der Waals surface area (Å²) in [6.07, 6.45) is 4.63. The molecule has 0 saturated carbocycles. The van der Waals surface area contributed by atoms with E-state index in [1.165, 1.54) is 17.7 Å². The molecule has 0 aliphatic carbocycles. The molecule has 2 fully saturated rings. The lowest BCUT2D eigenvalue weighted by atomic mass is 9.92. The number of aromatic nitrogens is 1. The standard InChI is InChI=1S/C22H26FN3O2/c1-17-4-2-11-24-20(17)14-25-12-3-9-22(10-13-25)16-26(21(27)15-28-22)19-7-5-18(23)6-8-19/h2,4-8,11H,3,9-10,12-16H2,1H3. The monoisotopic (exact) mass is 383 g/mol. The molecular formula is C22H26FN3O2. The maximum absolute atomic E-state index is 13.3. The minimum atomic E-state index is -0.337. The van der Waals surface area contributed by atoms with Crippen LogP contribution < -0.4 is 4.90 Å². The Balaban J connectivity index is 1.45. The van der Waals surface area contributed by atoms with Crippen LogP contribution in [0.1, 0.15) is 30.5 Å². The summed E-state index contributed by atoms with van der Waals surface area (Å²) >= 11 is 0. The maximum Gasteiger partial charge on any atom is 0.253 e. The number of rotatable bonds is 3. The molecule has 1 aromatic heterocycles. The van der Waals surface area contributed by atoms with Gasteiger partial charge >= 0.3 is 0 Å². The third-order valence-corrected chi connectivity index (χ3v) is 5.87. The van der Waals surface area contributed by atoms with E-state index in [0.717, 1.165) is 50.3 Å². The van der Waals surface area contributed by atoms with Crippen LogP contribution in [0.3, 0.4) is 0 Å². The van der Waals surface area contributed by atoms with Gasteiger partial charge in [0.2, 0.25) is 0 Å². The van der Waals surface area contributed by atoms with E-state index in [4.69, 9.17) is 4.74 Å². The molecule has 2 aromatic rings. The van der Waals surface area contributed by atoms with Gasteiger partial charge in [0.25, 0.3) is 5.91 Å². The summed E-state index contributed by atoms with van der Waals surface area (Å²) in [5.74, 6) is -0.364. The minimum Gasteiger partial charge on any atom is -0.363 e. The first-order chi connectivity index (χ1) is 13.5. The summed E-state index contributed by atoms with van der Waals surface area (Å²) in [6, 6.07) is 10.2. The molecule has 1 spiro atoms. The number of aryl methyl sites for hydroxylation is 1. The predicted molar refractivity (Wildman–Crippen MR) is 106 cm³/mol. The quantitative estimate of drug-likeness (QED) is 0.816. The van der Waals surface area contributed by atoms with Gasteiger partial charge in [-0.2, -0.15) is 0 Å². The third kappa shape index (κ3) is 4.08. The van der Waals surface area contributed by atoms with Crippen molar-refractivity contribution in [2.75, 3.05) is 31.1 Å². The Morgan fingerprint density at radius 3 is 2.79 bits per heavy atom. The first kappa shape index (κ1) is 19.0. The van der Waals surface area contributed by atoms with E-state index in [2.05, 4.69) is 22.9 Å². The van der Waals surface area contributed by atoms with E-state index in [1.807, 2.05) is 12.3 Å². The molecule has 28 heavy (non-hydrogen) atoms. The molecule has 1 aromatic carbocycles. The van der Waals surface area contributed by atoms with Gasteiger partial charge in [-0.25, -0.2) is 4.39 Å². The van der Waals surface area contributed by atoms with Crippen molar-refractivity contribution in [2.45, 2.75) is 38.3 Å². The first-order valence-corrected chi connectivity index (χ1v) is 9.87. The number of carbonyl (C=O) groups is 1. The Morgan fingerprint density at radius 1 is 1.18 bits per heavy atom. The average molecular weight is 383 g/mol. The van der Waals surface area contributed by atoms with Crippen molar-refractivity contribution in [1.82, 2.24) is 9.88 Å². The molecule has 3 heterocycles. The van der Waals surface area contributed by atoms with E-state index in [1.54, 1.807) is 17.0 Å². The van der Waals surface area contributed by atoms with Crippen LogP contribution in [-0.2, 0) is 16.1 Å². The lowest BCUT2D eigenvalue weighted by Gasteiger charge is -2.42. The minimum absolute atomic E-state index is 0.0672. The van der Waals surface area contributed by atoms with Crippen molar-refractivity contribution in [3.63, 3.8) is 0 Å². The third-order valence-electron chi connectivity index (χ3n) is 5.87. The van der Waals surface area contributed by atoms with E-state index in [0.29, 0.717) is 6.54 Å². The number of hydrogen-bond donors (Lipinski definition) is 0. The highest BCUT2D eigenvalue weighted by Crippen LogP contribution is 2.33. The Bertz CT molecular complexity index is 842. The van der Waals surface area contributed by atoms with E-state index < -0.39 is 0 Å². The molecule has 6 heteroatoms. The Labute approximate surface area is 165 Å². The number of carbonyl (C=O) groups excluding carboxylic acids is 1. The van der Waals surface area contributed by atoms with E-state index >= 15 is 0 Å². The second-order valence-electron chi connectivity index (χ2n) is 7.82. The van der Waals surface area contributed by atoms with Crippen LogP contribution in [0.5, 0.6) is 0 Å². The van der Waals surface area contributed by atoms with Gasteiger partial charge in [-0.3, -0.25) is 14.7 Å². The highest BCUT2D eigenvalue weighted by atomic mass is 19.1. The number of morpholine rings is 1. The highest BCUT2D eigenvalue weighted by molar-refractivity contribution is 5.95. The second kappa shape index (κ2) is 7.97. The van der Waals surface area contributed by atoms with Gasteiger partial charge in [0.05, 0.1) is 17.8 Å². The van der Waals surface area contributed by atoms with Crippen LogP contribution in [0.2, 0.25) is 0 Å². The number of benzene rings is 1. The fourth-order valence-corrected chi connectivity index (χ4v) is 4.15. The van der Waals surface area contributed by atoms with Gasteiger partial charge in [0.15, 0.2) is 0 Å². The number of pyridine rings is 1. The lowest BCUT2D eigenvalue weighted by molar-refractivity contribution is -0.140. The summed E-state index contributed by atoms with van der Waals surface area (Å²) in [7, 11) is 0. The number of amides is 1. The summed E-state index contributed by atoms with van der Waals surface area (Å²) in [6.45, 7) is 5.43. The van der Waals surface area contributed by atoms with Crippen molar-refractivity contribution in [2.24, 2.45) is 0 Å². The van der Waals surface area contributed by atoms with Crippen molar-refractivity contribution in [3.05, 3.63) is 59.7 Å². The topological polar surface area (TPSA) is 45.7 Å². The Morgan fingerprint density at radius 2 is 2.00 bits per heavy atom. The zero-order valence-electron chi connectivity index (χ0n) is 16.2. The smallest absolute Gasteiger partial charge is 0.253 e. The van der Waals surface area contributed by atoms with Gasteiger partial charge in [-0.15, -0.1) is 0 Å². The summed E-state index contributed by atoms with van der Waals surface area (Å²) in [5.41, 5.74) is 2.73. The largest absolute Gasteiger partial charge is 0.363 e. The zero-order valence-corrected chi connectivity index (χ0v) is 16.2. The molecule has 4 rings (SSSR count). The van der Waals surface area contributed by atoms with Gasteiger partial charge in [-0.1, -0.05) is 6.07 Å². The lowest BCUT2D eigenvalue weighted by Crippen LogP contribution is -2.55. The van der Waals surface area contributed by atoms with Crippen molar-refractivity contribution in [1.29, 1.82) is 0 Å². The van der Waals surface area contributed by atoms with Crippen LogP contribution in [-0.4, -0.2) is 47.6 Å². The second-order valence-corrected chi connectivity index (χ2v) is 7.82. The molecule has 2 saturated heterocycles. The van der Waals surface area contributed by atoms with Crippen molar-refractivity contribution >= 4 is 11.6 Å². The van der Waals surface area contributed by atoms with Gasteiger partial charge in [-0.05, 0) is 68.6 Å². The fourth-order valence-electron chi connectivity index (χ4n) is 4.15. The zero-order chi connectivity index (χ0) is 19.6. The summed E-state index contributed by atoms with van der Waals surface area (Å²) < 4.78 is 19.4. The Hall–Kier alpha value is -2.31. The molecule has 148 valence electrons. The van der Waals surface area contributed by atoms with Crippen LogP contribution in [0.4, 0.5) is 10.1 Å².